The fraction of sp³-hybridized carbons (Fsp3) is 0.0714. The Morgan fingerprint density at radius 3 is 2.32 bits per heavy atom. The third-order valence-electron chi connectivity index (χ3n) is 5.62. The number of halogens is 1. The fourth-order valence-corrected chi connectivity index (χ4v) is 3.87. The van der Waals surface area contributed by atoms with Gasteiger partial charge in [0.05, 0.1) is 5.69 Å². The number of nitrogens with zero attached hydrogens (tertiary/aromatic N) is 3. The molecule has 0 spiro atoms. The van der Waals surface area contributed by atoms with Crippen LogP contribution < -0.4 is 15.4 Å². The third-order valence-corrected chi connectivity index (χ3v) is 5.83. The van der Waals surface area contributed by atoms with Gasteiger partial charge >= 0.3 is 0 Å². The zero-order valence-corrected chi connectivity index (χ0v) is 20.6. The average Bonchev–Trinajstić information content (AvgIpc) is 3.31. The minimum atomic E-state index is -0.340. The standard InChI is InChI=1S/C28H22FN5O2S/c1-18-15-25-26(33-34(32-25)22-11-9-21(29)10-12-22)16-24(18)30-28(37)31-27(35)20-7-13-23(14-8-20)36-17-19-5-3-2-4-6-19/h2-16H,17H2,1H3,(H2,30,31,35,37). The molecule has 0 aliphatic rings. The molecule has 0 aliphatic heterocycles. The number of anilines is 1. The second-order valence-electron chi connectivity index (χ2n) is 8.33. The Bertz CT molecular complexity index is 1570. The molecule has 7 nitrogen and oxygen atoms in total. The van der Waals surface area contributed by atoms with Gasteiger partial charge in [-0.15, -0.1) is 10.2 Å². The van der Waals surface area contributed by atoms with E-state index in [-0.39, 0.29) is 16.8 Å². The number of fused-ring (bicyclic) bond motifs is 1. The zero-order valence-electron chi connectivity index (χ0n) is 19.8. The van der Waals surface area contributed by atoms with Gasteiger partial charge in [0.2, 0.25) is 0 Å². The summed E-state index contributed by atoms with van der Waals surface area (Å²) >= 11 is 5.37. The van der Waals surface area contributed by atoms with E-state index in [2.05, 4.69) is 20.8 Å². The minimum Gasteiger partial charge on any atom is -0.489 e. The summed E-state index contributed by atoms with van der Waals surface area (Å²) in [6.45, 7) is 2.35. The van der Waals surface area contributed by atoms with Crippen LogP contribution in [0.3, 0.4) is 0 Å². The third kappa shape index (κ3) is 5.79. The number of carbonyl (C=O) groups excluding carboxylic acids is 1. The fourth-order valence-electron chi connectivity index (χ4n) is 3.66. The summed E-state index contributed by atoms with van der Waals surface area (Å²) in [5, 5.41) is 14.8. The number of ether oxygens (including phenoxy) is 1. The largest absolute Gasteiger partial charge is 0.489 e. The van der Waals surface area contributed by atoms with Crippen LogP contribution in [-0.4, -0.2) is 26.0 Å². The van der Waals surface area contributed by atoms with Crippen molar-refractivity contribution in [1.82, 2.24) is 20.3 Å². The average molecular weight is 512 g/mol. The van der Waals surface area contributed by atoms with Crippen LogP contribution in [0, 0.1) is 12.7 Å². The normalized spacial score (nSPS) is 10.8. The number of nitrogens with one attached hydrogen (secondary N) is 2. The smallest absolute Gasteiger partial charge is 0.257 e. The first-order chi connectivity index (χ1) is 17.9. The van der Waals surface area contributed by atoms with Gasteiger partial charge in [0.1, 0.15) is 29.2 Å². The van der Waals surface area contributed by atoms with Gasteiger partial charge < -0.3 is 10.1 Å². The van der Waals surface area contributed by atoms with Crippen LogP contribution >= 0.6 is 12.2 Å². The molecular weight excluding hydrogens is 489 g/mol. The number of carbonyl (C=O) groups is 1. The van der Waals surface area contributed by atoms with E-state index in [1.807, 2.05) is 43.3 Å². The number of rotatable bonds is 6. The zero-order chi connectivity index (χ0) is 25.8. The summed E-state index contributed by atoms with van der Waals surface area (Å²) in [5.41, 5.74) is 5.01. The van der Waals surface area contributed by atoms with Gasteiger partial charge in [0.25, 0.3) is 5.91 Å². The van der Waals surface area contributed by atoms with Crippen molar-refractivity contribution in [2.75, 3.05) is 5.32 Å². The van der Waals surface area contributed by atoms with Gasteiger partial charge in [-0.25, -0.2) is 4.39 Å². The van der Waals surface area contributed by atoms with E-state index in [9.17, 15) is 9.18 Å². The second-order valence-corrected chi connectivity index (χ2v) is 8.74. The summed E-state index contributed by atoms with van der Waals surface area (Å²) in [5.74, 6) is -0.00232. The Balaban J connectivity index is 1.21. The topological polar surface area (TPSA) is 81.1 Å². The van der Waals surface area contributed by atoms with E-state index in [4.69, 9.17) is 17.0 Å². The molecule has 0 radical (unpaired) electrons. The summed E-state index contributed by atoms with van der Waals surface area (Å²) in [6.07, 6.45) is 0. The lowest BCUT2D eigenvalue weighted by molar-refractivity contribution is 0.0977. The van der Waals surface area contributed by atoms with Crippen molar-refractivity contribution in [2.24, 2.45) is 0 Å². The van der Waals surface area contributed by atoms with Crippen LogP contribution in [0.4, 0.5) is 10.1 Å². The molecule has 184 valence electrons. The van der Waals surface area contributed by atoms with Crippen molar-refractivity contribution in [3.05, 3.63) is 114 Å². The number of hydrogen-bond acceptors (Lipinski definition) is 5. The van der Waals surface area contributed by atoms with Crippen LogP contribution in [0.2, 0.25) is 0 Å². The molecule has 1 heterocycles. The molecule has 1 amide bonds. The molecule has 0 bridgehead atoms. The Labute approximate surface area is 217 Å². The Morgan fingerprint density at radius 1 is 0.946 bits per heavy atom. The molecule has 0 aliphatic carbocycles. The first-order valence-corrected chi connectivity index (χ1v) is 11.9. The number of hydrogen-bond donors (Lipinski definition) is 2. The Kier molecular flexibility index (Phi) is 6.87. The summed E-state index contributed by atoms with van der Waals surface area (Å²) in [6, 6.07) is 26.3. The van der Waals surface area contributed by atoms with Gasteiger partial charge in [0, 0.05) is 11.3 Å². The van der Waals surface area contributed by atoms with Crippen molar-refractivity contribution in [3.63, 3.8) is 0 Å². The highest BCUT2D eigenvalue weighted by Gasteiger charge is 2.12. The molecule has 1 aromatic heterocycles. The van der Waals surface area contributed by atoms with Gasteiger partial charge in [-0.2, -0.15) is 4.80 Å². The van der Waals surface area contributed by atoms with Crippen molar-refractivity contribution >= 4 is 40.0 Å². The number of aromatic nitrogens is 3. The quantitative estimate of drug-likeness (QED) is 0.290. The highest BCUT2D eigenvalue weighted by Crippen LogP contribution is 2.22. The predicted molar refractivity (Wildman–Crippen MR) is 144 cm³/mol. The molecule has 0 saturated heterocycles. The highest BCUT2D eigenvalue weighted by atomic mass is 32.1. The maximum atomic E-state index is 13.2. The minimum absolute atomic E-state index is 0.155. The van der Waals surface area contributed by atoms with E-state index in [0.717, 1.165) is 11.1 Å². The lowest BCUT2D eigenvalue weighted by Crippen LogP contribution is -2.34. The van der Waals surface area contributed by atoms with Crippen LogP contribution in [0.5, 0.6) is 5.75 Å². The number of aryl methyl sites for hydroxylation is 1. The van der Waals surface area contributed by atoms with E-state index >= 15 is 0 Å². The number of thiocarbonyl (C=S) groups is 1. The lowest BCUT2D eigenvalue weighted by atomic mass is 10.2. The van der Waals surface area contributed by atoms with Crippen LogP contribution in [-0.2, 0) is 6.61 Å². The van der Waals surface area contributed by atoms with Crippen molar-refractivity contribution in [3.8, 4) is 11.4 Å². The van der Waals surface area contributed by atoms with Gasteiger partial charge in [-0.3, -0.25) is 10.1 Å². The van der Waals surface area contributed by atoms with E-state index < -0.39 is 0 Å². The van der Waals surface area contributed by atoms with Gasteiger partial charge in [-0.1, -0.05) is 30.3 Å². The lowest BCUT2D eigenvalue weighted by Gasteiger charge is -2.12. The maximum Gasteiger partial charge on any atom is 0.257 e. The molecule has 0 saturated carbocycles. The molecule has 5 rings (SSSR count). The van der Waals surface area contributed by atoms with E-state index in [1.165, 1.54) is 16.9 Å². The molecular formula is C28H22FN5O2S. The molecule has 4 aromatic carbocycles. The molecule has 2 N–H and O–H groups in total. The van der Waals surface area contributed by atoms with Crippen LogP contribution in [0.1, 0.15) is 21.5 Å². The van der Waals surface area contributed by atoms with Gasteiger partial charge in [0.15, 0.2) is 5.11 Å². The molecule has 5 aromatic rings. The molecule has 37 heavy (non-hydrogen) atoms. The van der Waals surface area contributed by atoms with Gasteiger partial charge in [-0.05, 0) is 90.9 Å². The van der Waals surface area contributed by atoms with E-state index in [1.54, 1.807) is 42.5 Å². The Morgan fingerprint density at radius 2 is 1.62 bits per heavy atom. The van der Waals surface area contributed by atoms with E-state index in [0.29, 0.717) is 40.3 Å². The van der Waals surface area contributed by atoms with Crippen LogP contribution in [0.25, 0.3) is 16.7 Å². The first-order valence-electron chi connectivity index (χ1n) is 11.5. The second kappa shape index (κ2) is 10.5. The first kappa shape index (κ1) is 24.1. The summed E-state index contributed by atoms with van der Waals surface area (Å²) in [4.78, 5) is 14.1. The Hall–Kier alpha value is -4.63. The monoisotopic (exact) mass is 511 g/mol. The number of benzene rings is 4. The maximum absolute atomic E-state index is 13.2. The van der Waals surface area contributed by atoms with Crippen molar-refractivity contribution in [1.29, 1.82) is 0 Å². The summed E-state index contributed by atoms with van der Waals surface area (Å²) < 4.78 is 19.0. The van der Waals surface area contributed by atoms with Crippen molar-refractivity contribution < 1.29 is 13.9 Å². The predicted octanol–water partition coefficient (Wildman–Crippen LogP) is 5.57. The molecule has 0 unspecified atom stereocenters. The molecule has 9 heteroatoms. The van der Waals surface area contributed by atoms with Crippen molar-refractivity contribution in [2.45, 2.75) is 13.5 Å². The highest BCUT2D eigenvalue weighted by molar-refractivity contribution is 7.80. The van der Waals surface area contributed by atoms with Crippen LogP contribution in [0.15, 0.2) is 91.0 Å². The molecule has 0 fully saturated rings. The molecule has 0 atom stereocenters. The summed E-state index contributed by atoms with van der Waals surface area (Å²) in [7, 11) is 0. The SMILES string of the molecule is Cc1cc2nn(-c3ccc(F)cc3)nc2cc1NC(=S)NC(=O)c1ccc(OCc2ccccc2)cc1. The number of amides is 1.